The van der Waals surface area contributed by atoms with Crippen LogP contribution in [0.1, 0.15) is 31.4 Å². The van der Waals surface area contributed by atoms with E-state index in [0.29, 0.717) is 0 Å². The fourth-order valence-corrected chi connectivity index (χ4v) is 3.01. The summed E-state index contributed by atoms with van der Waals surface area (Å²) in [5.41, 5.74) is 3.02. The average Bonchev–Trinajstić information content (AvgIpc) is 2.86. The minimum absolute atomic E-state index is 0.824. The van der Waals surface area contributed by atoms with Crippen molar-refractivity contribution in [2.45, 2.75) is 33.2 Å². The molecule has 1 aromatic rings. The zero-order valence-electron chi connectivity index (χ0n) is 12.7. The minimum atomic E-state index is 0.824. The first-order valence-corrected chi connectivity index (χ1v) is 7.64. The predicted octanol–water partition coefficient (Wildman–Crippen LogP) is 2.93. The number of benzene rings is 1. The highest BCUT2D eigenvalue weighted by atomic mass is 15.1. The quantitative estimate of drug-likeness (QED) is 0.846. The molecule has 106 valence electrons. The van der Waals surface area contributed by atoms with E-state index in [1.165, 1.54) is 30.6 Å². The summed E-state index contributed by atoms with van der Waals surface area (Å²) in [4.78, 5) is 2.63. The summed E-state index contributed by atoms with van der Waals surface area (Å²) in [6.45, 7) is 9.44. The van der Waals surface area contributed by atoms with Crippen molar-refractivity contribution < 1.29 is 0 Å². The summed E-state index contributed by atoms with van der Waals surface area (Å²) in [6, 6.07) is 8.92. The van der Waals surface area contributed by atoms with Gasteiger partial charge in [0, 0.05) is 13.1 Å². The van der Waals surface area contributed by atoms with Gasteiger partial charge in [0.2, 0.25) is 0 Å². The molecule has 1 aromatic carbocycles. The molecule has 0 radical (unpaired) electrons. The van der Waals surface area contributed by atoms with Crippen LogP contribution in [0.5, 0.6) is 0 Å². The molecule has 0 aromatic heterocycles. The van der Waals surface area contributed by atoms with Crippen LogP contribution in [-0.2, 0) is 13.0 Å². The highest BCUT2D eigenvalue weighted by Gasteiger charge is 2.24. The van der Waals surface area contributed by atoms with Crippen molar-refractivity contribution in [1.29, 1.82) is 0 Å². The van der Waals surface area contributed by atoms with Crippen LogP contribution in [0.15, 0.2) is 24.3 Å². The lowest BCUT2D eigenvalue weighted by atomic mass is 9.95. The van der Waals surface area contributed by atoms with Crippen LogP contribution in [0.2, 0.25) is 0 Å². The van der Waals surface area contributed by atoms with Crippen LogP contribution < -0.4 is 5.32 Å². The summed E-state index contributed by atoms with van der Waals surface area (Å²) >= 11 is 0. The second-order valence-electron chi connectivity index (χ2n) is 6.15. The zero-order chi connectivity index (χ0) is 13.7. The smallest absolute Gasteiger partial charge is 0.0236 e. The molecule has 0 saturated carbocycles. The van der Waals surface area contributed by atoms with Crippen LogP contribution in [0.3, 0.4) is 0 Å². The second-order valence-corrected chi connectivity index (χ2v) is 6.15. The van der Waals surface area contributed by atoms with Crippen molar-refractivity contribution >= 4 is 0 Å². The number of likely N-dealkylation sites (N-methyl/N-ethyl adjacent to an activating group) is 1. The molecule has 0 spiro atoms. The van der Waals surface area contributed by atoms with Crippen molar-refractivity contribution in [2.75, 3.05) is 26.7 Å². The number of rotatable bonds is 6. The first-order chi connectivity index (χ1) is 9.20. The standard InChI is InChI=1S/C17H28N2/c1-14(2)16-9-11-19(12-16)13-17-7-5-4-6-15(17)8-10-18-3/h4-7,14,16,18H,8-13H2,1-3H3. The van der Waals surface area contributed by atoms with E-state index < -0.39 is 0 Å². The zero-order valence-corrected chi connectivity index (χ0v) is 12.7. The molecular weight excluding hydrogens is 232 g/mol. The predicted molar refractivity (Wildman–Crippen MR) is 82.3 cm³/mol. The van der Waals surface area contributed by atoms with Gasteiger partial charge in [-0.1, -0.05) is 38.1 Å². The van der Waals surface area contributed by atoms with E-state index in [-0.39, 0.29) is 0 Å². The fourth-order valence-electron chi connectivity index (χ4n) is 3.01. The number of hydrogen-bond donors (Lipinski definition) is 1. The fraction of sp³-hybridized carbons (Fsp3) is 0.647. The molecular formula is C17H28N2. The summed E-state index contributed by atoms with van der Waals surface area (Å²) < 4.78 is 0. The maximum Gasteiger partial charge on any atom is 0.0236 e. The van der Waals surface area contributed by atoms with Gasteiger partial charge in [-0.05, 0) is 55.9 Å². The van der Waals surface area contributed by atoms with E-state index in [0.717, 1.165) is 31.3 Å². The molecule has 2 heteroatoms. The molecule has 1 atom stereocenters. The van der Waals surface area contributed by atoms with E-state index in [1.54, 1.807) is 0 Å². The molecule has 1 unspecified atom stereocenters. The first-order valence-electron chi connectivity index (χ1n) is 7.64. The third kappa shape index (κ3) is 4.05. The minimum Gasteiger partial charge on any atom is -0.319 e. The van der Waals surface area contributed by atoms with Crippen molar-refractivity contribution in [3.63, 3.8) is 0 Å². The average molecular weight is 260 g/mol. The van der Waals surface area contributed by atoms with Crippen LogP contribution in [0, 0.1) is 11.8 Å². The summed E-state index contributed by atoms with van der Waals surface area (Å²) in [5, 5.41) is 3.25. The van der Waals surface area contributed by atoms with Crippen LogP contribution in [0.4, 0.5) is 0 Å². The lowest BCUT2D eigenvalue weighted by Gasteiger charge is -2.19. The molecule has 0 amide bonds. The van der Waals surface area contributed by atoms with Crippen molar-refractivity contribution in [2.24, 2.45) is 11.8 Å². The Hall–Kier alpha value is -0.860. The largest absolute Gasteiger partial charge is 0.319 e. The summed E-state index contributed by atoms with van der Waals surface area (Å²) in [7, 11) is 2.02. The number of nitrogens with zero attached hydrogens (tertiary/aromatic N) is 1. The normalized spacial score (nSPS) is 20.3. The number of likely N-dealkylation sites (tertiary alicyclic amines) is 1. The molecule has 1 N–H and O–H groups in total. The van der Waals surface area contributed by atoms with Crippen LogP contribution in [-0.4, -0.2) is 31.6 Å². The van der Waals surface area contributed by atoms with E-state index in [9.17, 15) is 0 Å². The summed E-state index contributed by atoms with van der Waals surface area (Å²) in [6.07, 6.45) is 2.50. The molecule has 0 bridgehead atoms. The molecule has 1 aliphatic heterocycles. The van der Waals surface area contributed by atoms with Gasteiger partial charge in [-0.2, -0.15) is 0 Å². The molecule has 1 saturated heterocycles. The maximum absolute atomic E-state index is 3.25. The third-order valence-corrected chi connectivity index (χ3v) is 4.41. The Kier molecular flexibility index (Phi) is 5.41. The van der Waals surface area contributed by atoms with Crippen LogP contribution >= 0.6 is 0 Å². The Morgan fingerprint density at radius 2 is 2.00 bits per heavy atom. The van der Waals surface area contributed by atoms with Gasteiger partial charge in [-0.25, -0.2) is 0 Å². The Bertz CT molecular complexity index is 387. The molecule has 0 aliphatic carbocycles. The van der Waals surface area contributed by atoms with Gasteiger partial charge in [-0.15, -0.1) is 0 Å². The lowest BCUT2D eigenvalue weighted by molar-refractivity contribution is 0.296. The molecule has 19 heavy (non-hydrogen) atoms. The number of hydrogen-bond acceptors (Lipinski definition) is 2. The molecule has 1 aliphatic rings. The van der Waals surface area contributed by atoms with Gasteiger partial charge >= 0.3 is 0 Å². The molecule has 1 fully saturated rings. The van der Waals surface area contributed by atoms with Gasteiger partial charge in [0.1, 0.15) is 0 Å². The highest BCUT2D eigenvalue weighted by molar-refractivity contribution is 5.27. The van der Waals surface area contributed by atoms with E-state index in [2.05, 4.69) is 48.3 Å². The SMILES string of the molecule is CNCCc1ccccc1CN1CCC(C(C)C)C1. The second kappa shape index (κ2) is 7.06. The van der Waals surface area contributed by atoms with E-state index in [4.69, 9.17) is 0 Å². The van der Waals surface area contributed by atoms with Gasteiger partial charge < -0.3 is 5.32 Å². The summed E-state index contributed by atoms with van der Waals surface area (Å²) in [5.74, 6) is 1.72. The topological polar surface area (TPSA) is 15.3 Å². The Balaban J connectivity index is 1.95. The molecule has 2 nitrogen and oxygen atoms in total. The molecule has 1 heterocycles. The van der Waals surface area contributed by atoms with Gasteiger partial charge in [0.05, 0.1) is 0 Å². The Labute approximate surface area is 118 Å². The monoisotopic (exact) mass is 260 g/mol. The molecule has 2 rings (SSSR count). The Morgan fingerprint density at radius 1 is 1.26 bits per heavy atom. The Morgan fingerprint density at radius 3 is 2.63 bits per heavy atom. The van der Waals surface area contributed by atoms with Crippen molar-refractivity contribution in [3.05, 3.63) is 35.4 Å². The van der Waals surface area contributed by atoms with Gasteiger partial charge in [-0.3, -0.25) is 4.90 Å². The highest BCUT2D eigenvalue weighted by Crippen LogP contribution is 2.25. The maximum atomic E-state index is 3.25. The van der Waals surface area contributed by atoms with Crippen LogP contribution in [0.25, 0.3) is 0 Å². The van der Waals surface area contributed by atoms with E-state index >= 15 is 0 Å². The van der Waals surface area contributed by atoms with Gasteiger partial charge in [0.15, 0.2) is 0 Å². The van der Waals surface area contributed by atoms with Gasteiger partial charge in [0.25, 0.3) is 0 Å². The lowest BCUT2D eigenvalue weighted by Crippen LogP contribution is -2.22. The van der Waals surface area contributed by atoms with Crippen molar-refractivity contribution in [1.82, 2.24) is 10.2 Å². The number of nitrogens with one attached hydrogen (secondary N) is 1. The third-order valence-electron chi connectivity index (χ3n) is 4.41. The van der Waals surface area contributed by atoms with Crippen molar-refractivity contribution in [3.8, 4) is 0 Å². The van der Waals surface area contributed by atoms with E-state index in [1.807, 2.05) is 7.05 Å². The first kappa shape index (κ1) is 14.5.